The fraction of sp³-hybridized carbons (Fsp3) is 0.533. The van der Waals surface area contributed by atoms with Crippen LogP contribution in [-0.4, -0.2) is 47.5 Å². The second-order valence-corrected chi connectivity index (χ2v) is 6.81. The highest BCUT2D eigenvalue weighted by Crippen LogP contribution is 2.33. The lowest BCUT2D eigenvalue weighted by molar-refractivity contribution is -0.128. The standard InChI is InChI=1S/C15H20N4OS/c1-10-11(2)21-15-13(10)14(16-9-17-15)18(3)8-12(20)19-6-4-5-7-19/h9H,4-8H2,1-3H3. The van der Waals surface area contributed by atoms with E-state index in [4.69, 9.17) is 0 Å². The number of hydrogen-bond acceptors (Lipinski definition) is 5. The Bertz CT molecular complexity index is 676. The maximum Gasteiger partial charge on any atom is 0.242 e. The average Bonchev–Trinajstić information content (AvgIpc) is 3.08. The summed E-state index contributed by atoms with van der Waals surface area (Å²) in [5.41, 5.74) is 1.21. The Morgan fingerprint density at radius 2 is 2.05 bits per heavy atom. The van der Waals surface area contributed by atoms with Gasteiger partial charge in [0.05, 0.1) is 11.9 Å². The number of carbonyl (C=O) groups excluding carboxylic acids is 1. The van der Waals surface area contributed by atoms with Gasteiger partial charge in [-0.25, -0.2) is 9.97 Å². The molecule has 3 rings (SSSR count). The van der Waals surface area contributed by atoms with Crippen LogP contribution in [0, 0.1) is 13.8 Å². The summed E-state index contributed by atoms with van der Waals surface area (Å²) in [6.45, 7) is 6.35. The van der Waals surface area contributed by atoms with Crippen molar-refractivity contribution < 1.29 is 4.79 Å². The van der Waals surface area contributed by atoms with E-state index in [-0.39, 0.29) is 5.91 Å². The van der Waals surface area contributed by atoms with E-state index in [1.54, 1.807) is 17.7 Å². The number of anilines is 1. The average molecular weight is 304 g/mol. The molecule has 0 bridgehead atoms. The van der Waals surface area contributed by atoms with Crippen molar-refractivity contribution in [3.63, 3.8) is 0 Å². The number of likely N-dealkylation sites (tertiary alicyclic amines) is 1. The molecule has 1 aliphatic heterocycles. The first-order valence-corrected chi connectivity index (χ1v) is 8.09. The Kier molecular flexibility index (Phi) is 3.80. The molecule has 1 amide bonds. The summed E-state index contributed by atoms with van der Waals surface area (Å²) >= 11 is 1.68. The minimum Gasteiger partial charge on any atom is -0.350 e. The number of amides is 1. The Hall–Kier alpha value is -1.69. The highest BCUT2D eigenvalue weighted by atomic mass is 32.1. The minimum atomic E-state index is 0.186. The highest BCUT2D eigenvalue weighted by molar-refractivity contribution is 7.18. The molecule has 6 heteroatoms. The lowest BCUT2D eigenvalue weighted by Gasteiger charge is -2.22. The lowest BCUT2D eigenvalue weighted by Crippen LogP contribution is -2.37. The SMILES string of the molecule is Cc1sc2ncnc(N(C)CC(=O)N3CCCC3)c2c1C. The van der Waals surface area contributed by atoms with Crippen LogP contribution in [0.3, 0.4) is 0 Å². The topological polar surface area (TPSA) is 49.3 Å². The van der Waals surface area contributed by atoms with Gasteiger partial charge in [-0.1, -0.05) is 0 Å². The zero-order valence-electron chi connectivity index (χ0n) is 12.7. The van der Waals surface area contributed by atoms with Crippen LogP contribution in [-0.2, 0) is 4.79 Å². The van der Waals surface area contributed by atoms with Crippen molar-refractivity contribution in [2.75, 3.05) is 31.6 Å². The molecule has 0 unspecified atom stereocenters. The molecular weight excluding hydrogens is 284 g/mol. The predicted molar refractivity (Wildman–Crippen MR) is 86.0 cm³/mol. The van der Waals surface area contributed by atoms with Crippen molar-refractivity contribution in [1.29, 1.82) is 0 Å². The Morgan fingerprint density at radius 3 is 2.76 bits per heavy atom. The largest absolute Gasteiger partial charge is 0.350 e. The summed E-state index contributed by atoms with van der Waals surface area (Å²) in [7, 11) is 1.93. The van der Waals surface area contributed by atoms with E-state index >= 15 is 0 Å². The molecule has 1 aliphatic rings. The first kappa shape index (κ1) is 14.3. The van der Waals surface area contributed by atoms with Crippen molar-refractivity contribution in [2.24, 2.45) is 0 Å². The molecule has 2 aromatic rings. The quantitative estimate of drug-likeness (QED) is 0.873. The van der Waals surface area contributed by atoms with Gasteiger partial charge >= 0.3 is 0 Å². The van der Waals surface area contributed by atoms with Gasteiger partial charge in [0.15, 0.2) is 0 Å². The molecule has 0 aromatic carbocycles. The number of hydrogen-bond donors (Lipinski definition) is 0. The number of aryl methyl sites for hydroxylation is 2. The molecule has 0 aliphatic carbocycles. The van der Waals surface area contributed by atoms with Gasteiger partial charge in [0.1, 0.15) is 17.0 Å². The number of rotatable bonds is 3. The van der Waals surface area contributed by atoms with Crippen molar-refractivity contribution in [3.8, 4) is 0 Å². The van der Waals surface area contributed by atoms with Gasteiger partial charge in [-0.2, -0.15) is 0 Å². The number of likely N-dealkylation sites (N-methyl/N-ethyl adjacent to an activating group) is 1. The fourth-order valence-electron chi connectivity index (χ4n) is 2.80. The van der Waals surface area contributed by atoms with Crippen LogP contribution in [0.1, 0.15) is 23.3 Å². The molecule has 0 saturated carbocycles. The van der Waals surface area contributed by atoms with Crippen LogP contribution in [0.5, 0.6) is 0 Å². The van der Waals surface area contributed by atoms with Crippen LogP contribution in [0.4, 0.5) is 5.82 Å². The molecule has 0 N–H and O–H groups in total. The molecule has 112 valence electrons. The zero-order chi connectivity index (χ0) is 15.0. The van der Waals surface area contributed by atoms with E-state index in [2.05, 4.69) is 23.8 Å². The van der Waals surface area contributed by atoms with Crippen molar-refractivity contribution in [3.05, 3.63) is 16.8 Å². The van der Waals surface area contributed by atoms with E-state index < -0.39 is 0 Å². The molecule has 0 atom stereocenters. The first-order chi connectivity index (χ1) is 10.1. The third-order valence-corrected chi connectivity index (χ3v) is 5.25. The zero-order valence-corrected chi connectivity index (χ0v) is 13.5. The van der Waals surface area contributed by atoms with Crippen LogP contribution < -0.4 is 4.90 Å². The summed E-state index contributed by atoms with van der Waals surface area (Å²) in [4.78, 5) is 27.2. The first-order valence-electron chi connectivity index (χ1n) is 7.27. The molecule has 1 saturated heterocycles. The Morgan fingerprint density at radius 1 is 1.33 bits per heavy atom. The number of aromatic nitrogens is 2. The van der Waals surface area contributed by atoms with Crippen molar-refractivity contribution in [1.82, 2.24) is 14.9 Å². The van der Waals surface area contributed by atoms with Gasteiger partial charge in [0.2, 0.25) is 5.91 Å². The minimum absolute atomic E-state index is 0.186. The van der Waals surface area contributed by atoms with Gasteiger partial charge in [0.25, 0.3) is 0 Å². The molecule has 21 heavy (non-hydrogen) atoms. The lowest BCUT2D eigenvalue weighted by atomic mass is 10.2. The summed E-state index contributed by atoms with van der Waals surface area (Å²) in [5.74, 6) is 1.04. The Balaban J connectivity index is 1.87. The van der Waals surface area contributed by atoms with Gasteiger partial charge < -0.3 is 9.80 Å². The second-order valence-electron chi connectivity index (χ2n) is 5.60. The van der Waals surface area contributed by atoms with Gasteiger partial charge in [-0.15, -0.1) is 11.3 Å². The monoisotopic (exact) mass is 304 g/mol. The summed E-state index contributed by atoms with van der Waals surface area (Å²) < 4.78 is 0. The molecule has 5 nitrogen and oxygen atoms in total. The third kappa shape index (κ3) is 2.60. The predicted octanol–water partition coefficient (Wildman–Crippen LogP) is 2.37. The van der Waals surface area contributed by atoms with Gasteiger partial charge in [-0.05, 0) is 32.3 Å². The maximum absolute atomic E-state index is 12.3. The highest BCUT2D eigenvalue weighted by Gasteiger charge is 2.21. The van der Waals surface area contributed by atoms with Crippen molar-refractivity contribution >= 4 is 33.3 Å². The van der Waals surface area contributed by atoms with E-state index in [0.717, 1.165) is 42.0 Å². The third-order valence-electron chi connectivity index (χ3n) is 4.14. The van der Waals surface area contributed by atoms with Crippen LogP contribution in [0.25, 0.3) is 10.2 Å². The van der Waals surface area contributed by atoms with E-state index in [1.165, 1.54) is 10.4 Å². The molecule has 0 radical (unpaired) electrons. The maximum atomic E-state index is 12.3. The van der Waals surface area contributed by atoms with Crippen LogP contribution >= 0.6 is 11.3 Å². The van der Waals surface area contributed by atoms with Crippen molar-refractivity contribution in [2.45, 2.75) is 26.7 Å². The van der Waals surface area contributed by atoms with Gasteiger partial charge in [0, 0.05) is 25.0 Å². The Labute approximate surface area is 128 Å². The number of fused-ring (bicyclic) bond motifs is 1. The van der Waals surface area contributed by atoms with Crippen LogP contribution in [0.2, 0.25) is 0 Å². The molecule has 3 heterocycles. The van der Waals surface area contributed by atoms with Gasteiger partial charge in [-0.3, -0.25) is 4.79 Å². The summed E-state index contributed by atoms with van der Waals surface area (Å²) in [6.07, 6.45) is 3.83. The number of nitrogens with zero attached hydrogens (tertiary/aromatic N) is 4. The van der Waals surface area contributed by atoms with Crippen LogP contribution in [0.15, 0.2) is 6.33 Å². The fourth-order valence-corrected chi connectivity index (χ4v) is 3.79. The summed E-state index contributed by atoms with van der Waals surface area (Å²) in [5, 5.41) is 1.08. The smallest absolute Gasteiger partial charge is 0.242 e. The molecule has 2 aromatic heterocycles. The second kappa shape index (κ2) is 5.60. The van der Waals surface area contributed by atoms with E-state index in [9.17, 15) is 4.79 Å². The number of carbonyl (C=O) groups is 1. The normalized spacial score (nSPS) is 14.9. The molecular formula is C15H20N4OS. The molecule has 0 spiro atoms. The van der Waals surface area contributed by atoms with E-state index in [0.29, 0.717) is 6.54 Å². The summed E-state index contributed by atoms with van der Waals surface area (Å²) in [6, 6.07) is 0. The van der Waals surface area contributed by atoms with E-state index in [1.807, 2.05) is 16.8 Å². The number of thiophene rings is 1. The molecule has 1 fully saturated rings.